The number of rotatable bonds is 13. The third kappa shape index (κ3) is 9.29. The van der Waals surface area contributed by atoms with Gasteiger partial charge in [-0.3, -0.25) is 19.7 Å². The van der Waals surface area contributed by atoms with Crippen molar-refractivity contribution >= 4 is 46.0 Å². The Morgan fingerprint density at radius 1 is 1.00 bits per heavy atom. The van der Waals surface area contributed by atoms with E-state index in [-0.39, 0.29) is 25.7 Å². The smallest absolute Gasteiger partial charge is 0.325 e. The van der Waals surface area contributed by atoms with Crippen LogP contribution in [-0.2, 0) is 14.4 Å². The highest BCUT2D eigenvalue weighted by Crippen LogP contribution is 2.35. The van der Waals surface area contributed by atoms with Gasteiger partial charge in [0.05, 0.1) is 12.5 Å². The molecule has 43 heavy (non-hydrogen) atoms. The third-order valence-corrected chi connectivity index (χ3v) is 6.84. The van der Waals surface area contributed by atoms with Crippen LogP contribution in [0.25, 0.3) is 0 Å². The van der Waals surface area contributed by atoms with Gasteiger partial charge in [-0.15, -0.1) is 10.2 Å². The number of carbonyl (C=O) groups is 4. The number of amides is 4. The molecule has 14 nitrogen and oxygen atoms in total. The molecule has 0 fully saturated rings. The Morgan fingerprint density at radius 2 is 1.74 bits per heavy atom. The molecule has 3 aromatic rings. The van der Waals surface area contributed by atoms with Crippen LogP contribution in [0.4, 0.5) is 15.6 Å². The number of aliphatic carboxylic acids is 1. The van der Waals surface area contributed by atoms with Crippen LogP contribution in [-0.4, -0.2) is 58.6 Å². The summed E-state index contributed by atoms with van der Waals surface area (Å²) < 4.78 is 16.3. The summed E-state index contributed by atoms with van der Waals surface area (Å²) >= 11 is 1.25. The maximum atomic E-state index is 13.3. The van der Waals surface area contributed by atoms with Gasteiger partial charge in [0.25, 0.3) is 5.91 Å². The molecule has 0 aliphatic carbocycles. The Kier molecular flexibility index (Phi) is 10.3. The van der Waals surface area contributed by atoms with Crippen molar-refractivity contribution in [3.63, 3.8) is 0 Å². The Morgan fingerprint density at radius 3 is 2.42 bits per heavy atom. The minimum absolute atomic E-state index is 0.0496. The summed E-state index contributed by atoms with van der Waals surface area (Å²) in [5.74, 6) is -0.749. The van der Waals surface area contributed by atoms with Crippen LogP contribution in [0.2, 0.25) is 0 Å². The van der Waals surface area contributed by atoms with Crippen LogP contribution in [0.15, 0.2) is 42.5 Å². The number of benzene rings is 2. The molecule has 5 N–H and O–H groups in total. The highest BCUT2D eigenvalue weighted by molar-refractivity contribution is 7.15. The van der Waals surface area contributed by atoms with Gasteiger partial charge in [0.2, 0.25) is 17.8 Å². The van der Waals surface area contributed by atoms with Gasteiger partial charge in [-0.2, -0.15) is 0 Å². The minimum atomic E-state index is -1.10. The van der Waals surface area contributed by atoms with E-state index in [9.17, 15) is 24.3 Å². The second-order valence-corrected chi connectivity index (χ2v) is 11.2. The zero-order valence-electron chi connectivity index (χ0n) is 23.7. The van der Waals surface area contributed by atoms with Crippen molar-refractivity contribution < 1.29 is 38.5 Å². The molecule has 228 valence electrons. The average Bonchev–Trinajstić information content (AvgIpc) is 3.59. The van der Waals surface area contributed by atoms with Crippen molar-refractivity contribution in [3.05, 3.63) is 53.0 Å². The minimum Gasteiger partial charge on any atom is -0.484 e. The number of aryl methyl sites for hydroxylation is 1. The number of hydrogen-bond donors (Lipinski definition) is 5. The van der Waals surface area contributed by atoms with E-state index in [1.807, 2.05) is 13.8 Å². The summed E-state index contributed by atoms with van der Waals surface area (Å²) in [6, 6.07) is 9.05. The first-order chi connectivity index (χ1) is 20.5. The molecule has 1 aromatic heterocycles. The Balaban J connectivity index is 1.31. The van der Waals surface area contributed by atoms with E-state index >= 15 is 0 Å². The van der Waals surface area contributed by atoms with Gasteiger partial charge >= 0.3 is 12.0 Å². The Bertz CT molecular complexity index is 1460. The quantitative estimate of drug-likeness (QED) is 0.191. The lowest BCUT2D eigenvalue weighted by atomic mass is 10.00. The normalized spacial score (nSPS) is 13.1. The van der Waals surface area contributed by atoms with Crippen LogP contribution < -0.4 is 35.5 Å². The van der Waals surface area contributed by atoms with Crippen molar-refractivity contribution in [2.24, 2.45) is 5.92 Å². The molecule has 0 bridgehead atoms. The number of aromatic nitrogens is 2. The number of anilines is 2. The first-order valence-electron chi connectivity index (χ1n) is 13.4. The molecule has 0 saturated carbocycles. The molecule has 0 radical (unpaired) electrons. The number of nitrogens with zero attached hydrogens (tertiary/aromatic N) is 2. The number of carboxylic acid groups (broad SMARTS) is 1. The number of hydrogen-bond acceptors (Lipinski definition) is 10. The molecular formula is C28H32N6O8S. The van der Waals surface area contributed by atoms with E-state index in [1.54, 1.807) is 49.4 Å². The van der Waals surface area contributed by atoms with Crippen molar-refractivity contribution in [2.45, 2.75) is 45.7 Å². The summed E-state index contributed by atoms with van der Waals surface area (Å²) in [5, 5.41) is 28.9. The standard InChI is InChI=1S/C28H32N6O8S/c1-15(2)10-21(26(38)31-20(12-25(36)37)17-4-9-22-23(11-17)42-14-41-22)30-24(35)13-40-19-7-5-18(6-8-19)29-27(39)32-28-34-33-16(3)43-28/h4-9,11,15,20-21H,10,12-14H2,1-3H3,(H,30,35)(H,31,38)(H,36,37)(H2,29,32,34,39). The van der Waals surface area contributed by atoms with E-state index in [0.717, 1.165) is 5.01 Å². The van der Waals surface area contributed by atoms with Crippen molar-refractivity contribution in [1.82, 2.24) is 20.8 Å². The number of urea groups is 1. The largest absolute Gasteiger partial charge is 0.484 e. The molecule has 1 aliphatic rings. The van der Waals surface area contributed by atoms with Crippen LogP contribution in [0.3, 0.4) is 0 Å². The number of nitrogens with one attached hydrogen (secondary N) is 4. The summed E-state index contributed by atoms with van der Waals surface area (Å²) in [6.45, 7) is 5.27. The van der Waals surface area contributed by atoms with Gasteiger partial charge in [0.1, 0.15) is 16.8 Å². The predicted octanol–water partition coefficient (Wildman–Crippen LogP) is 3.46. The molecule has 2 aromatic carbocycles. The average molecular weight is 613 g/mol. The van der Waals surface area contributed by atoms with Gasteiger partial charge in [-0.1, -0.05) is 31.3 Å². The lowest BCUT2D eigenvalue weighted by Crippen LogP contribution is -2.49. The zero-order valence-corrected chi connectivity index (χ0v) is 24.5. The van der Waals surface area contributed by atoms with Crippen LogP contribution in [0.1, 0.15) is 43.3 Å². The zero-order chi connectivity index (χ0) is 30.9. The lowest BCUT2D eigenvalue weighted by molar-refractivity contribution is -0.138. The van der Waals surface area contributed by atoms with E-state index < -0.39 is 35.9 Å². The Hall–Kier alpha value is -4.92. The molecule has 0 spiro atoms. The molecule has 15 heteroatoms. The molecule has 2 unspecified atom stereocenters. The van der Waals surface area contributed by atoms with Gasteiger partial charge in [-0.25, -0.2) is 4.79 Å². The highest BCUT2D eigenvalue weighted by atomic mass is 32.1. The second-order valence-electron chi connectivity index (χ2n) is 10.0. The molecule has 2 atom stereocenters. The summed E-state index contributed by atoms with van der Waals surface area (Å²) in [7, 11) is 0. The van der Waals surface area contributed by atoms with Gasteiger partial charge < -0.3 is 35.3 Å². The van der Waals surface area contributed by atoms with Gasteiger partial charge in [0, 0.05) is 5.69 Å². The van der Waals surface area contributed by atoms with E-state index in [1.165, 1.54) is 11.3 Å². The summed E-state index contributed by atoms with van der Waals surface area (Å²) in [5.41, 5.74) is 1.02. The molecule has 4 amide bonds. The van der Waals surface area contributed by atoms with Crippen LogP contribution in [0.5, 0.6) is 17.2 Å². The molecule has 4 rings (SSSR count). The number of carboxylic acids is 1. The Labute approximate surface area is 251 Å². The number of fused-ring (bicyclic) bond motifs is 1. The SMILES string of the molecule is Cc1nnc(NC(=O)Nc2ccc(OCC(=O)NC(CC(C)C)C(=O)NC(CC(=O)O)c3ccc4c(c3)OCO4)cc2)s1. The van der Waals surface area contributed by atoms with E-state index in [4.69, 9.17) is 14.2 Å². The second kappa shape index (κ2) is 14.3. The topological polar surface area (TPSA) is 190 Å². The molecule has 1 aliphatic heterocycles. The van der Waals surface area contributed by atoms with Gasteiger partial charge in [0.15, 0.2) is 18.1 Å². The highest BCUT2D eigenvalue weighted by Gasteiger charge is 2.27. The first-order valence-corrected chi connectivity index (χ1v) is 14.2. The van der Waals surface area contributed by atoms with Gasteiger partial charge in [-0.05, 0) is 61.2 Å². The monoisotopic (exact) mass is 612 g/mol. The fourth-order valence-electron chi connectivity index (χ4n) is 4.16. The molecule has 2 heterocycles. The molecule has 0 saturated heterocycles. The number of ether oxygens (including phenoxy) is 3. The molecular weight excluding hydrogens is 580 g/mol. The van der Waals surface area contributed by atoms with Crippen LogP contribution in [0, 0.1) is 12.8 Å². The van der Waals surface area contributed by atoms with E-state index in [0.29, 0.717) is 40.1 Å². The predicted molar refractivity (Wildman–Crippen MR) is 156 cm³/mol. The maximum Gasteiger partial charge on any atom is 0.325 e. The van der Waals surface area contributed by atoms with Crippen LogP contribution >= 0.6 is 11.3 Å². The fourth-order valence-corrected chi connectivity index (χ4v) is 4.74. The maximum absolute atomic E-state index is 13.3. The van der Waals surface area contributed by atoms with Crippen molar-refractivity contribution in [1.29, 1.82) is 0 Å². The number of carbonyl (C=O) groups excluding carboxylic acids is 3. The first kappa shape index (κ1) is 31.0. The summed E-state index contributed by atoms with van der Waals surface area (Å²) in [4.78, 5) is 49.7. The van der Waals surface area contributed by atoms with Crippen molar-refractivity contribution in [3.8, 4) is 17.2 Å². The van der Waals surface area contributed by atoms with E-state index in [2.05, 4.69) is 31.5 Å². The van der Waals surface area contributed by atoms with Crippen molar-refractivity contribution in [2.75, 3.05) is 24.0 Å². The summed E-state index contributed by atoms with van der Waals surface area (Å²) in [6.07, 6.45) is -0.0529. The lowest BCUT2D eigenvalue weighted by Gasteiger charge is -2.24. The fraction of sp³-hybridized carbons (Fsp3) is 0.357. The third-order valence-electron chi connectivity index (χ3n) is 6.08.